The average molecular weight is 140 g/mol. The maximum Gasteiger partial charge on any atom is 0.151 e. The van der Waals surface area contributed by atoms with Gasteiger partial charge in [-0.15, -0.1) is 6.42 Å². The van der Waals surface area contributed by atoms with E-state index in [4.69, 9.17) is 11.2 Å². The minimum Gasteiger partial charge on any atom is -0.377 e. The Bertz CT molecular complexity index is 159. The van der Waals surface area contributed by atoms with Crippen LogP contribution in [0.5, 0.6) is 0 Å². The third-order valence-corrected chi connectivity index (χ3v) is 2.09. The van der Waals surface area contributed by atoms with Crippen LogP contribution in [0.25, 0.3) is 0 Å². The van der Waals surface area contributed by atoms with Crippen LogP contribution in [0.4, 0.5) is 0 Å². The smallest absolute Gasteiger partial charge is 0.151 e. The molecule has 0 aliphatic heterocycles. The summed E-state index contributed by atoms with van der Waals surface area (Å²) in [5, 5.41) is 9.60. The van der Waals surface area contributed by atoms with E-state index < -0.39 is 5.60 Å². The van der Waals surface area contributed by atoms with Gasteiger partial charge in [0.25, 0.3) is 0 Å². The molecule has 2 nitrogen and oxygen atoms in total. The Hall–Kier alpha value is -0.520. The Labute approximate surface area is 61.2 Å². The quantitative estimate of drug-likeness (QED) is 0.539. The molecule has 0 aromatic carbocycles. The van der Waals surface area contributed by atoms with E-state index in [-0.39, 0.29) is 6.10 Å². The number of rotatable bonds is 1. The zero-order chi connectivity index (χ0) is 7.61. The lowest BCUT2D eigenvalue weighted by molar-refractivity contribution is -0.0338. The zero-order valence-corrected chi connectivity index (χ0v) is 6.13. The molecule has 1 fully saturated rings. The summed E-state index contributed by atoms with van der Waals surface area (Å²) in [7, 11) is 1.58. The van der Waals surface area contributed by atoms with Gasteiger partial charge in [0.1, 0.15) is 0 Å². The Kier molecular flexibility index (Phi) is 1.98. The van der Waals surface area contributed by atoms with E-state index in [0.29, 0.717) is 6.42 Å². The van der Waals surface area contributed by atoms with Crippen LogP contribution in [-0.2, 0) is 4.74 Å². The van der Waals surface area contributed by atoms with Crippen LogP contribution in [0.3, 0.4) is 0 Å². The molecule has 1 saturated carbocycles. The van der Waals surface area contributed by atoms with E-state index in [9.17, 15) is 5.11 Å². The molecular formula is C8H12O2. The van der Waals surface area contributed by atoms with Crippen molar-refractivity contribution < 1.29 is 9.84 Å². The van der Waals surface area contributed by atoms with Gasteiger partial charge in [0.2, 0.25) is 0 Å². The lowest BCUT2D eigenvalue weighted by Gasteiger charge is -2.22. The van der Waals surface area contributed by atoms with E-state index in [2.05, 4.69) is 5.92 Å². The van der Waals surface area contributed by atoms with Crippen molar-refractivity contribution in [2.24, 2.45) is 0 Å². The molecule has 0 heterocycles. The summed E-state index contributed by atoms with van der Waals surface area (Å²) in [6.45, 7) is 0. The third-order valence-electron chi connectivity index (χ3n) is 2.09. The van der Waals surface area contributed by atoms with Gasteiger partial charge in [-0.25, -0.2) is 0 Å². The molecule has 1 aliphatic rings. The molecular weight excluding hydrogens is 128 g/mol. The molecule has 0 radical (unpaired) electrons. The van der Waals surface area contributed by atoms with Crippen LogP contribution in [0, 0.1) is 12.3 Å². The average Bonchev–Trinajstić information content (AvgIpc) is 2.32. The van der Waals surface area contributed by atoms with E-state index in [0.717, 1.165) is 12.8 Å². The SMILES string of the molecule is C#C[C@]1(O)CCC[C@@H]1OC. The van der Waals surface area contributed by atoms with Crippen LogP contribution >= 0.6 is 0 Å². The summed E-state index contributed by atoms with van der Waals surface area (Å²) in [4.78, 5) is 0. The molecule has 1 rings (SSSR count). The predicted molar refractivity (Wildman–Crippen MR) is 38.4 cm³/mol. The normalized spacial score (nSPS) is 39.5. The van der Waals surface area contributed by atoms with Crippen molar-refractivity contribution in [3.8, 4) is 12.3 Å². The van der Waals surface area contributed by atoms with Crippen molar-refractivity contribution in [1.82, 2.24) is 0 Å². The van der Waals surface area contributed by atoms with E-state index in [1.54, 1.807) is 7.11 Å². The summed E-state index contributed by atoms with van der Waals surface area (Å²) >= 11 is 0. The number of ether oxygens (including phenoxy) is 1. The van der Waals surface area contributed by atoms with Crippen LogP contribution < -0.4 is 0 Å². The maximum absolute atomic E-state index is 9.60. The van der Waals surface area contributed by atoms with Crippen molar-refractivity contribution in [3.63, 3.8) is 0 Å². The van der Waals surface area contributed by atoms with Crippen molar-refractivity contribution >= 4 is 0 Å². The van der Waals surface area contributed by atoms with Crippen molar-refractivity contribution in [2.75, 3.05) is 7.11 Å². The lowest BCUT2D eigenvalue weighted by Crippen LogP contribution is -2.36. The fourth-order valence-corrected chi connectivity index (χ4v) is 1.43. The summed E-state index contributed by atoms with van der Waals surface area (Å²) in [5.41, 5.74) is -0.991. The number of hydrogen-bond donors (Lipinski definition) is 1. The molecule has 0 aromatic heterocycles. The number of terminal acetylenes is 1. The monoisotopic (exact) mass is 140 g/mol. The molecule has 0 aromatic rings. The van der Waals surface area contributed by atoms with Crippen molar-refractivity contribution in [2.45, 2.75) is 31.0 Å². The maximum atomic E-state index is 9.60. The standard InChI is InChI=1S/C8H12O2/c1-3-8(9)6-4-5-7(8)10-2/h1,7,9H,4-6H2,2H3/t7-,8-/m0/s1. The Morgan fingerprint density at radius 2 is 2.50 bits per heavy atom. The van der Waals surface area contributed by atoms with Crippen molar-refractivity contribution in [3.05, 3.63) is 0 Å². The molecule has 0 saturated heterocycles. The van der Waals surface area contributed by atoms with Crippen LogP contribution in [0.15, 0.2) is 0 Å². The van der Waals surface area contributed by atoms with Gasteiger partial charge in [0, 0.05) is 7.11 Å². The molecule has 2 atom stereocenters. The second kappa shape index (κ2) is 2.61. The predicted octanol–water partition coefficient (Wildman–Crippen LogP) is 0.550. The molecule has 2 heteroatoms. The molecule has 56 valence electrons. The first kappa shape index (κ1) is 7.59. The minimum absolute atomic E-state index is 0.155. The van der Waals surface area contributed by atoms with Gasteiger partial charge in [-0.2, -0.15) is 0 Å². The first-order chi connectivity index (χ1) is 4.73. The molecule has 10 heavy (non-hydrogen) atoms. The molecule has 1 aliphatic carbocycles. The van der Waals surface area contributed by atoms with Gasteiger partial charge < -0.3 is 9.84 Å². The highest BCUT2D eigenvalue weighted by molar-refractivity contribution is 5.14. The fraction of sp³-hybridized carbons (Fsp3) is 0.750. The summed E-state index contributed by atoms with van der Waals surface area (Å²) in [6.07, 6.45) is 7.50. The van der Waals surface area contributed by atoms with Crippen LogP contribution in [-0.4, -0.2) is 23.9 Å². The third kappa shape index (κ3) is 1.03. The number of methoxy groups -OCH3 is 1. The number of aliphatic hydroxyl groups is 1. The first-order valence-corrected chi connectivity index (χ1v) is 3.46. The fourth-order valence-electron chi connectivity index (χ4n) is 1.43. The zero-order valence-electron chi connectivity index (χ0n) is 6.13. The van der Waals surface area contributed by atoms with E-state index in [1.165, 1.54) is 0 Å². The summed E-state index contributed by atoms with van der Waals surface area (Å²) < 4.78 is 5.03. The van der Waals surface area contributed by atoms with Gasteiger partial charge in [0.05, 0.1) is 6.10 Å². The van der Waals surface area contributed by atoms with Gasteiger partial charge in [-0.05, 0) is 19.3 Å². The highest BCUT2D eigenvalue weighted by Crippen LogP contribution is 2.31. The Morgan fingerprint density at radius 3 is 2.90 bits per heavy atom. The topological polar surface area (TPSA) is 29.5 Å². The largest absolute Gasteiger partial charge is 0.377 e. The van der Waals surface area contributed by atoms with Gasteiger partial charge in [0.15, 0.2) is 5.60 Å². The highest BCUT2D eigenvalue weighted by atomic mass is 16.5. The highest BCUT2D eigenvalue weighted by Gasteiger charge is 2.39. The van der Waals surface area contributed by atoms with Gasteiger partial charge in [-0.1, -0.05) is 5.92 Å². The van der Waals surface area contributed by atoms with E-state index >= 15 is 0 Å². The molecule has 0 bridgehead atoms. The number of hydrogen-bond acceptors (Lipinski definition) is 2. The molecule has 1 N–H and O–H groups in total. The molecule has 0 amide bonds. The Balaban J connectivity index is 2.68. The Morgan fingerprint density at radius 1 is 1.80 bits per heavy atom. The molecule has 0 spiro atoms. The van der Waals surface area contributed by atoms with Gasteiger partial charge >= 0.3 is 0 Å². The summed E-state index contributed by atoms with van der Waals surface area (Å²) in [6, 6.07) is 0. The molecule has 0 unspecified atom stereocenters. The van der Waals surface area contributed by atoms with Crippen LogP contribution in [0.1, 0.15) is 19.3 Å². The minimum atomic E-state index is -0.991. The second-order valence-corrected chi connectivity index (χ2v) is 2.69. The van der Waals surface area contributed by atoms with Crippen molar-refractivity contribution in [1.29, 1.82) is 0 Å². The first-order valence-electron chi connectivity index (χ1n) is 3.46. The summed E-state index contributed by atoms with van der Waals surface area (Å²) in [5.74, 6) is 2.37. The lowest BCUT2D eigenvalue weighted by atomic mass is 10.0. The van der Waals surface area contributed by atoms with E-state index in [1.807, 2.05) is 0 Å². The van der Waals surface area contributed by atoms with Gasteiger partial charge in [-0.3, -0.25) is 0 Å². The second-order valence-electron chi connectivity index (χ2n) is 2.69. The van der Waals surface area contributed by atoms with Crippen LogP contribution in [0.2, 0.25) is 0 Å².